The van der Waals surface area contributed by atoms with Crippen LogP contribution in [0.4, 0.5) is 17.1 Å². The highest BCUT2D eigenvalue weighted by Crippen LogP contribution is 2.51. The lowest BCUT2D eigenvalue weighted by Crippen LogP contribution is -2.15. The van der Waals surface area contributed by atoms with Crippen LogP contribution in [0, 0.1) is 0 Å². The molecule has 0 saturated carbocycles. The number of fused-ring (bicyclic) bond motifs is 8. The summed E-state index contributed by atoms with van der Waals surface area (Å²) in [5.74, 6) is 0. The molecule has 55 heavy (non-hydrogen) atoms. The number of benzene rings is 9. The van der Waals surface area contributed by atoms with Crippen molar-refractivity contribution in [1.29, 1.82) is 0 Å². The van der Waals surface area contributed by atoms with E-state index in [-0.39, 0.29) is 5.41 Å². The highest BCUT2D eigenvalue weighted by molar-refractivity contribution is 6.22. The zero-order valence-electron chi connectivity index (χ0n) is 30.9. The minimum atomic E-state index is -0.0777. The zero-order chi connectivity index (χ0) is 36.7. The Morgan fingerprint density at radius 2 is 0.964 bits per heavy atom. The minimum Gasteiger partial charge on any atom is -0.309 e. The van der Waals surface area contributed by atoms with E-state index in [1.54, 1.807) is 0 Å². The molecule has 0 atom stereocenters. The van der Waals surface area contributed by atoms with Gasteiger partial charge in [-0.3, -0.25) is 0 Å². The van der Waals surface area contributed by atoms with Gasteiger partial charge in [-0.2, -0.15) is 0 Å². The van der Waals surface area contributed by atoms with Gasteiger partial charge in [-0.15, -0.1) is 0 Å². The maximum absolute atomic E-state index is 2.47. The lowest BCUT2D eigenvalue weighted by Gasteiger charge is -2.29. The molecule has 2 nitrogen and oxygen atoms in total. The number of hydrogen-bond acceptors (Lipinski definition) is 1. The number of anilines is 3. The van der Waals surface area contributed by atoms with Gasteiger partial charge in [0, 0.05) is 44.0 Å². The van der Waals surface area contributed by atoms with Crippen molar-refractivity contribution in [3.05, 3.63) is 205 Å². The summed E-state index contributed by atoms with van der Waals surface area (Å²) in [4.78, 5) is 2.47. The van der Waals surface area contributed by atoms with E-state index in [1.807, 2.05) is 0 Å². The second-order valence-corrected chi connectivity index (χ2v) is 15.3. The molecule has 0 spiro atoms. The van der Waals surface area contributed by atoms with Crippen molar-refractivity contribution in [3.63, 3.8) is 0 Å². The summed E-state index contributed by atoms with van der Waals surface area (Å²) in [5, 5.41) is 7.38. The van der Waals surface area contributed by atoms with E-state index in [2.05, 4.69) is 217 Å². The highest BCUT2D eigenvalue weighted by Gasteiger charge is 2.35. The predicted molar refractivity (Wildman–Crippen MR) is 233 cm³/mol. The molecule has 0 fully saturated rings. The topological polar surface area (TPSA) is 8.17 Å². The van der Waals surface area contributed by atoms with Gasteiger partial charge in [-0.1, -0.05) is 159 Å². The molecule has 0 unspecified atom stereocenters. The molecule has 0 bridgehead atoms. The normalized spacial score (nSPS) is 13.1. The van der Waals surface area contributed by atoms with Gasteiger partial charge in [0.15, 0.2) is 0 Å². The van der Waals surface area contributed by atoms with E-state index in [0.717, 1.165) is 11.4 Å². The SMILES string of the molecule is CC1(C)c2ccccc2-c2ccc(-n3c4ccccc4c4cc(N(c5ccccc5)c5c6ccccc6c(-c6ccccc6)c6ccccc56)ccc43)cc21. The molecule has 1 aliphatic carbocycles. The lowest BCUT2D eigenvalue weighted by molar-refractivity contribution is 0.660. The molecule has 0 aliphatic heterocycles. The first-order valence-electron chi connectivity index (χ1n) is 19.2. The van der Waals surface area contributed by atoms with Gasteiger partial charge in [-0.05, 0) is 92.7 Å². The van der Waals surface area contributed by atoms with Crippen molar-refractivity contribution in [3.8, 4) is 27.9 Å². The molecule has 11 rings (SSSR count). The maximum atomic E-state index is 2.47. The van der Waals surface area contributed by atoms with Crippen LogP contribution in [-0.2, 0) is 5.41 Å². The van der Waals surface area contributed by atoms with Crippen LogP contribution in [0.25, 0.3) is 71.3 Å². The van der Waals surface area contributed by atoms with Crippen LogP contribution in [0.2, 0.25) is 0 Å². The predicted octanol–water partition coefficient (Wildman–Crippen LogP) is 14.5. The summed E-state index contributed by atoms with van der Waals surface area (Å²) in [7, 11) is 0. The Hall–Kier alpha value is -6.90. The van der Waals surface area contributed by atoms with Crippen LogP contribution in [0.3, 0.4) is 0 Å². The van der Waals surface area contributed by atoms with Crippen LogP contribution in [-0.4, -0.2) is 4.57 Å². The summed E-state index contributed by atoms with van der Waals surface area (Å²) in [6.45, 7) is 4.72. The first-order valence-corrected chi connectivity index (χ1v) is 19.2. The van der Waals surface area contributed by atoms with E-state index in [4.69, 9.17) is 0 Å². The minimum absolute atomic E-state index is 0.0777. The Balaban J connectivity index is 1.17. The van der Waals surface area contributed by atoms with Crippen LogP contribution < -0.4 is 4.90 Å². The Kier molecular flexibility index (Phi) is 6.93. The molecule has 0 N–H and O–H groups in total. The molecule has 1 aliphatic rings. The molecule has 0 radical (unpaired) electrons. The van der Waals surface area contributed by atoms with Crippen LogP contribution in [0.15, 0.2) is 194 Å². The van der Waals surface area contributed by atoms with Crippen LogP contribution in [0.5, 0.6) is 0 Å². The third-order valence-electron chi connectivity index (χ3n) is 11.9. The molecular weight excluding hydrogens is 665 g/mol. The maximum Gasteiger partial charge on any atom is 0.0618 e. The molecule has 260 valence electrons. The molecular formula is C53H38N2. The number of hydrogen-bond donors (Lipinski definition) is 0. The molecule has 10 aromatic rings. The largest absolute Gasteiger partial charge is 0.309 e. The standard InChI is InChI=1S/C53H38N2/c1-53(2)47-27-15-13-21-39(47)40-31-29-38(34-48(40)53)55-49-28-16-14-22-41(49)46-33-37(30-32-50(46)55)54(36-19-7-4-8-20-36)52-44-25-11-9-23-42(44)51(35-17-5-3-6-18-35)43-24-10-12-26-45(43)52/h3-34H,1-2H3. The average Bonchev–Trinajstić information content (AvgIpc) is 3.69. The summed E-state index contributed by atoms with van der Waals surface area (Å²) in [6, 6.07) is 71.3. The molecule has 1 heterocycles. The van der Waals surface area contributed by atoms with E-state index in [1.165, 1.54) is 88.1 Å². The van der Waals surface area contributed by atoms with E-state index in [9.17, 15) is 0 Å². The summed E-state index contributed by atoms with van der Waals surface area (Å²) in [6.07, 6.45) is 0. The van der Waals surface area contributed by atoms with Gasteiger partial charge in [0.1, 0.15) is 0 Å². The summed E-state index contributed by atoms with van der Waals surface area (Å²) >= 11 is 0. The van der Waals surface area contributed by atoms with Gasteiger partial charge in [0.05, 0.1) is 16.7 Å². The van der Waals surface area contributed by atoms with Gasteiger partial charge in [0.25, 0.3) is 0 Å². The van der Waals surface area contributed by atoms with Crippen molar-refractivity contribution >= 4 is 60.4 Å². The summed E-state index contributed by atoms with van der Waals surface area (Å²) < 4.78 is 2.46. The van der Waals surface area contributed by atoms with Crippen LogP contribution >= 0.6 is 0 Å². The van der Waals surface area contributed by atoms with Crippen molar-refractivity contribution < 1.29 is 0 Å². The Morgan fingerprint density at radius 1 is 0.400 bits per heavy atom. The number of para-hydroxylation sites is 2. The Labute approximate surface area is 321 Å². The number of rotatable bonds is 5. The van der Waals surface area contributed by atoms with E-state index >= 15 is 0 Å². The lowest BCUT2D eigenvalue weighted by atomic mass is 9.82. The smallest absolute Gasteiger partial charge is 0.0618 e. The third-order valence-corrected chi connectivity index (χ3v) is 11.9. The van der Waals surface area contributed by atoms with E-state index in [0.29, 0.717) is 0 Å². The average molecular weight is 703 g/mol. The summed E-state index contributed by atoms with van der Waals surface area (Å²) in [5.41, 5.74) is 14.9. The second-order valence-electron chi connectivity index (χ2n) is 15.3. The van der Waals surface area contributed by atoms with Crippen molar-refractivity contribution in [2.24, 2.45) is 0 Å². The Bertz CT molecular complexity index is 3060. The molecule has 2 heteroatoms. The fraction of sp³-hybridized carbons (Fsp3) is 0.0566. The fourth-order valence-corrected chi connectivity index (χ4v) is 9.46. The fourth-order valence-electron chi connectivity index (χ4n) is 9.46. The van der Waals surface area contributed by atoms with Crippen molar-refractivity contribution in [1.82, 2.24) is 4.57 Å². The quantitative estimate of drug-likeness (QED) is 0.162. The van der Waals surface area contributed by atoms with Crippen LogP contribution in [0.1, 0.15) is 25.0 Å². The Morgan fingerprint density at radius 3 is 1.69 bits per heavy atom. The van der Waals surface area contributed by atoms with Gasteiger partial charge in [-0.25, -0.2) is 0 Å². The first-order chi connectivity index (χ1) is 27.1. The molecule has 0 saturated heterocycles. The monoisotopic (exact) mass is 702 g/mol. The number of aromatic nitrogens is 1. The number of nitrogens with zero attached hydrogens (tertiary/aromatic N) is 2. The van der Waals surface area contributed by atoms with Crippen molar-refractivity contribution in [2.45, 2.75) is 19.3 Å². The highest BCUT2D eigenvalue weighted by atomic mass is 15.1. The second kappa shape index (κ2) is 12.1. The third kappa shape index (κ3) is 4.68. The molecule has 1 aromatic heterocycles. The zero-order valence-corrected chi connectivity index (χ0v) is 30.9. The van der Waals surface area contributed by atoms with Gasteiger partial charge >= 0.3 is 0 Å². The van der Waals surface area contributed by atoms with E-state index < -0.39 is 0 Å². The van der Waals surface area contributed by atoms with Gasteiger partial charge in [0.2, 0.25) is 0 Å². The molecule has 9 aromatic carbocycles. The van der Waals surface area contributed by atoms with Gasteiger partial charge < -0.3 is 9.47 Å². The molecule has 0 amide bonds. The first kappa shape index (κ1) is 31.6. The van der Waals surface area contributed by atoms with Crippen molar-refractivity contribution in [2.75, 3.05) is 4.90 Å².